The molecule has 0 spiro atoms. The van der Waals surface area contributed by atoms with Gasteiger partial charge >= 0.3 is 12.0 Å². The smallest absolute Gasteiger partial charge is 0.338 e. The number of hydrogen-bond acceptors (Lipinski definition) is 5. The number of urea groups is 1. The molecule has 2 amide bonds. The second-order valence-corrected chi connectivity index (χ2v) is 6.42. The summed E-state index contributed by atoms with van der Waals surface area (Å²) in [5, 5.41) is 6.83. The van der Waals surface area contributed by atoms with Crippen molar-refractivity contribution in [1.82, 2.24) is 10.7 Å². The summed E-state index contributed by atoms with van der Waals surface area (Å²) < 4.78 is 10.5. The van der Waals surface area contributed by atoms with Gasteiger partial charge in [0.1, 0.15) is 11.5 Å². The van der Waals surface area contributed by atoms with E-state index in [0.29, 0.717) is 22.6 Å². The first-order chi connectivity index (χ1) is 13.2. The maximum atomic E-state index is 11.9. The number of nitrogens with zero attached hydrogens (tertiary/aromatic N) is 1. The summed E-state index contributed by atoms with van der Waals surface area (Å²) in [5.41, 5.74) is 3.50. The molecule has 7 heteroatoms. The molecule has 27 heavy (non-hydrogen) atoms. The molecule has 1 aromatic carbocycles. The van der Waals surface area contributed by atoms with Crippen LogP contribution in [0.3, 0.4) is 0 Å². The molecule has 1 saturated carbocycles. The van der Waals surface area contributed by atoms with Crippen LogP contribution in [0.2, 0.25) is 0 Å². The summed E-state index contributed by atoms with van der Waals surface area (Å²) in [4.78, 5) is 23.7. The van der Waals surface area contributed by atoms with E-state index in [9.17, 15) is 9.59 Å². The fourth-order valence-electron chi connectivity index (χ4n) is 3.17. The number of methoxy groups -OCH3 is 1. The minimum absolute atomic E-state index is 0.221. The van der Waals surface area contributed by atoms with E-state index >= 15 is 0 Å². The van der Waals surface area contributed by atoms with Crippen molar-refractivity contribution < 1.29 is 18.7 Å². The first kappa shape index (κ1) is 18.7. The van der Waals surface area contributed by atoms with Crippen molar-refractivity contribution in [3.63, 3.8) is 0 Å². The van der Waals surface area contributed by atoms with Gasteiger partial charge in [0.2, 0.25) is 0 Å². The fourth-order valence-corrected chi connectivity index (χ4v) is 3.17. The second kappa shape index (κ2) is 9.02. The van der Waals surface area contributed by atoms with E-state index in [1.54, 1.807) is 30.3 Å². The minimum atomic E-state index is -0.432. The van der Waals surface area contributed by atoms with Crippen LogP contribution in [0.15, 0.2) is 45.9 Å². The summed E-state index contributed by atoms with van der Waals surface area (Å²) in [6.45, 7) is 0. The number of hydrogen-bond donors (Lipinski definition) is 2. The van der Waals surface area contributed by atoms with Crippen LogP contribution in [0.25, 0.3) is 11.3 Å². The van der Waals surface area contributed by atoms with E-state index in [0.717, 1.165) is 25.7 Å². The van der Waals surface area contributed by atoms with Gasteiger partial charge in [-0.1, -0.05) is 37.5 Å². The van der Waals surface area contributed by atoms with Crippen molar-refractivity contribution in [3.8, 4) is 11.3 Å². The summed E-state index contributed by atoms with van der Waals surface area (Å²) in [6.07, 6.45) is 6.98. The van der Waals surface area contributed by atoms with E-state index in [4.69, 9.17) is 9.15 Å². The molecule has 0 atom stereocenters. The van der Waals surface area contributed by atoms with Gasteiger partial charge in [0.15, 0.2) is 0 Å². The lowest BCUT2D eigenvalue weighted by atomic mass is 9.96. The van der Waals surface area contributed by atoms with Crippen LogP contribution < -0.4 is 10.7 Å². The third kappa shape index (κ3) is 4.97. The number of ether oxygens (including phenoxy) is 1. The predicted molar refractivity (Wildman–Crippen MR) is 102 cm³/mol. The number of amides is 2. The Balaban J connectivity index is 1.60. The quantitative estimate of drug-likeness (QED) is 0.477. The average Bonchev–Trinajstić information content (AvgIpc) is 3.17. The molecular weight excluding hydrogens is 346 g/mol. The lowest BCUT2D eigenvalue weighted by Gasteiger charge is -2.22. The predicted octanol–water partition coefficient (Wildman–Crippen LogP) is 3.70. The van der Waals surface area contributed by atoms with Crippen LogP contribution in [-0.2, 0) is 4.74 Å². The number of esters is 1. The first-order valence-electron chi connectivity index (χ1n) is 9.04. The maximum absolute atomic E-state index is 11.9. The first-order valence-corrected chi connectivity index (χ1v) is 9.04. The van der Waals surface area contributed by atoms with Crippen LogP contribution in [0, 0.1) is 0 Å². The average molecular weight is 369 g/mol. The van der Waals surface area contributed by atoms with Gasteiger partial charge in [-0.05, 0) is 31.0 Å². The van der Waals surface area contributed by atoms with E-state index in [1.807, 2.05) is 6.07 Å². The lowest BCUT2D eigenvalue weighted by molar-refractivity contribution is 0.0601. The molecule has 1 heterocycles. The standard InChI is InChI=1S/C20H23N3O4/c1-26-19(24)17-10-6-5-9-16(17)18-12-11-15(27-18)13-21-23-20(25)22-14-7-3-2-4-8-14/h5-6,9-14H,2-4,7-8H2,1H3,(H2,22,23,25)/b21-13-. The van der Waals surface area contributed by atoms with Gasteiger partial charge in [0, 0.05) is 11.6 Å². The molecule has 3 rings (SSSR count). The van der Waals surface area contributed by atoms with Crippen molar-refractivity contribution in [1.29, 1.82) is 0 Å². The SMILES string of the molecule is COC(=O)c1ccccc1-c1ccc(/C=N\NC(=O)NC2CCCCC2)o1. The summed E-state index contributed by atoms with van der Waals surface area (Å²) >= 11 is 0. The van der Waals surface area contributed by atoms with Crippen LogP contribution in [-0.4, -0.2) is 31.4 Å². The van der Waals surface area contributed by atoms with E-state index in [2.05, 4.69) is 15.8 Å². The van der Waals surface area contributed by atoms with E-state index in [-0.39, 0.29) is 12.1 Å². The minimum Gasteiger partial charge on any atom is -0.465 e. The number of hydrazone groups is 1. The fraction of sp³-hybridized carbons (Fsp3) is 0.350. The topological polar surface area (TPSA) is 92.9 Å². The monoisotopic (exact) mass is 369 g/mol. The summed E-state index contributed by atoms with van der Waals surface area (Å²) in [7, 11) is 1.34. The normalized spacial score (nSPS) is 14.9. The van der Waals surface area contributed by atoms with Gasteiger partial charge in [-0.3, -0.25) is 0 Å². The third-order valence-electron chi connectivity index (χ3n) is 4.52. The zero-order chi connectivity index (χ0) is 19.1. The molecule has 2 aromatic rings. The number of carbonyl (C=O) groups is 2. The molecule has 7 nitrogen and oxygen atoms in total. The highest BCUT2D eigenvalue weighted by Crippen LogP contribution is 2.26. The molecule has 0 unspecified atom stereocenters. The molecule has 2 N–H and O–H groups in total. The molecule has 0 aliphatic heterocycles. The van der Waals surface area contributed by atoms with E-state index < -0.39 is 5.97 Å². The molecule has 0 bridgehead atoms. The molecule has 1 aromatic heterocycles. The number of furan rings is 1. The molecule has 142 valence electrons. The van der Waals surface area contributed by atoms with Gasteiger partial charge in [-0.15, -0.1) is 0 Å². The Hall–Kier alpha value is -3.09. The number of carbonyl (C=O) groups excluding carboxylic acids is 2. The van der Waals surface area contributed by atoms with Crippen molar-refractivity contribution in [2.75, 3.05) is 7.11 Å². The van der Waals surface area contributed by atoms with Gasteiger partial charge in [-0.25, -0.2) is 15.0 Å². The largest absolute Gasteiger partial charge is 0.465 e. The Bertz CT molecular complexity index is 822. The highest BCUT2D eigenvalue weighted by atomic mass is 16.5. The summed E-state index contributed by atoms with van der Waals surface area (Å²) in [5.74, 6) is 0.546. The van der Waals surface area contributed by atoms with Gasteiger partial charge in [0.05, 0.1) is 18.9 Å². The number of nitrogens with one attached hydrogen (secondary N) is 2. The van der Waals surface area contributed by atoms with Crippen LogP contribution in [0.5, 0.6) is 0 Å². The van der Waals surface area contributed by atoms with E-state index in [1.165, 1.54) is 19.7 Å². The van der Waals surface area contributed by atoms with Crippen molar-refractivity contribution in [2.24, 2.45) is 5.10 Å². The highest BCUT2D eigenvalue weighted by molar-refractivity contribution is 5.96. The Morgan fingerprint density at radius 1 is 1.15 bits per heavy atom. The number of rotatable bonds is 5. The Morgan fingerprint density at radius 3 is 2.70 bits per heavy atom. The zero-order valence-electron chi connectivity index (χ0n) is 15.2. The lowest BCUT2D eigenvalue weighted by Crippen LogP contribution is -2.41. The molecule has 0 radical (unpaired) electrons. The van der Waals surface area contributed by atoms with Crippen molar-refractivity contribution >= 4 is 18.2 Å². The van der Waals surface area contributed by atoms with Gasteiger partial charge in [-0.2, -0.15) is 5.10 Å². The molecular formula is C20H23N3O4. The summed E-state index contributed by atoms with van der Waals surface area (Å²) in [6, 6.07) is 10.4. The van der Waals surface area contributed by atoms with Crippen molar-refractivity contribution in [3.05, 3.63) is 47.7 Å². The number of benzene rings is 1. The zero-order valence-corrected chi connectivity index (χ0v) is 15.2. The van der Waals surface area contributed by atoms with Crippen molar-refractivity contribution in [2.45, 2.75) is 38.1 Å². The molecule has 1 aliphatic carbocycles. The van der Waals surface area contributed by atoms with Crippen LogP contribution in [0.1, 0.15) is 48.2 Å². The molecule has 0 saturated heterocycles. The Morgan fingerprint density at radius 2 is 1.93 bits per heavy atom. The van der Waals surface area contributed by atoms with Gasteiger partial charge in [0.25, 0.3) is 0 Å². The molecule has 1 aliphatic rings. The van der Waals surface area contributed by atoms with Crippen LogP contribution >= 0.6 is 0 Å². The molecule has 1 fully saturated rings. The highest BCUT2D eigenvalue weighted by Gasteiger charge is 2.16. The second-order valence-electron chi connectivity index (χ2n) is 6.42. The van der Waals surface area contributed by atoms with Gasteiger partial charge < -0.3 is 14.5 Å². The Labute approximate surface area is 157 Å². The Kier molecular flexibility index (Phi) is 6.25. The third-order valence-corrected chi connectivity index (χ3v) is 4.52. The maximum Gasteiger partial charge on any atom is 0.338 e. The van der Waals surface area contributed by atoms with Crippen LogP contribution in [0.4, 0.5) is 4.79 Å².